The topological polar surface area (TPSA) is 70.2 Å². The van der Waals surface area contributed by atoms with Crippen LogP contribution in [0.15, 0.2) is 60.9 Å². The van der Waals surface area contributed by atoms with Crippen LogP contribution in [0, 0.1) is 0 Å². The maximum Gasteiger partial charge on any atom is 0.254 e. The lowest BCUT2D eigenvalue weighted by Gasteiger charge is -2.27. The number of carbonyl (C=O) groups excluding carboxylic acids is 1. The molecule has 2 N–H and O–H groups in total. The summed E-state index contributed by atoms with van der Waals surface area (Å²) in [5, 5.41) is 4.54. The normalized spacial score (nSPS) is 15.6. The van der Waals surface area contributed by atoms with Crippen molar-refractivity contribution < 1.29 is 9.53 Å². The van der Waals surface area contributed by atoms with Gasteiger partial charge in [-0.25, -0.2) is 4.98 Å². The molecule has 2 aliphatic rings. The predicted molar refractivity (Wildman–Crippen MR) is 126 cm³/mol. The summed E-state index contributed by atoms with van der Waals surface area (Å²) >= 11 is 0. The van der Waals surface area contributed by atoms with E-state index in [1.54, 1.807) is 0 Å². The molecular formula is C26H24N4O2. The van der Waals surface area contributed by atoms with Gasteiger partial charge in [-0.15, -0.1) is 0 Å². The van der Waals surface area contributed by atoms with E-state index in [4.69, 9.17) is 4.74 Å². The van der Waals surface area contributed by atoms with E-state index in [1.807, 2.05) is 41.6 Å². The molecule has 2 aromatic heterocycles. The predicted octanol–water partition coefficient (Wildman–Crippen LogP) is 4.34. The molecule has 0 spiro atoms. The number of nitrogens with one attached hydrogen (secondary N) is 2. The van der Waals surface area contributed by atoms with Crippen LogP contribution in [0.1, 0.15) is 15.9 Å². The average molecular weight is 425 g/mol. The second kappa shape index (κ2) is 7.80. The van der Waals surface area contributed by atoms with E-state index in [0.717, 1.165) is 40.7 Å². The van der Waals surface area contributed by atoms with Crippen LogP contribution in [0.2, 0.25) is 0 Å². The fourth-order valence-electron chi connectivity index (χ4n) is 4.64. The van der Waals surface area contributed by atoms with Crippen molar-refractivity contribution in [2.45, 2.75) is 6.42 Å². The molecule has 4 heterocycles. The lowest BCUT2D eigenvalue weighted by atomic mass is 9.99. The first-order chi connectivity index (χ1) is 15.8. The van der Waals surface area contributed by atoms with E-state index >= 15 is 0 Å². The van der Waals surface area contributed by atoms with Crippen molar-refractivity contribution in [3.05, 3.63) is 72.1 Å². The summed E-state index contributed by atoms with van der Waals surface area (Å²) in [4.78, 5) is 22.7. The molecule has 1 saturated heterocycles. The first kappa shape index (κ1) is 19.1. The zero-order valence-electron chi connectivity index (χ0n) is 17.7. The molecule has 1 amide bonds. The van der Waals surface area contributed by atoms with Gasteiger partial charge < -0.3 is 19.9 Å². The molecule has 0 aliphatic carbocycles. The number of carbonyl (C=O) groups is 1. The molecule has 160 valence electrons. The summed E-state index contributed by atoms with van der Waals surface area (Å²) in [6.45, 7) is 3.47. The van der Waals surface area contributed by atoms with Crippen LogP contribution in [-0.2, 0) is 11.2 Å². The minimum Gasteiger partial charge on any atom is -0.384 e. The first-order valence-corrected chi connectivity index (χ1v) is 11.1. The molecule has 0 radical (unpaired) electrons. The van der Waals surface area contributed by atoms with E-state index < -0.39 is 0 Å². The van der Waals surface area contributed by atoms with Gasteiger partial charge in [0.25, 0.3) is 5.91 Å². The van der Waals surface area contributed by atoms with Gasteiger partial charge in [0.15, 0.2) is 0 Å². The van der Waals surface area contributed by atoms with Gasteiger partial charge in [-0.2, -0.15) is 0 Å². The van der Waals surface area contributed by atoms with Crippen molar-refractivity contribution in [1.82, 2.24) is 14.9 Å². The number of anilines is 1. The second-order valence-electron chi connectivity index (χ2n) is 8.36. The minimum absolute atomic E-state index is 0.0529. The van der Waals surface area contributed by atoms with E-state index in [9.17, 15) is 4.79 Å². The van der Waals surface area contributed by atoms with Crippen LogP contribution in [0.5, 0.6) is 0 Å². The summed E-state index contributed by atoms with van der Waals surface area (Å²) in [6.07, 6.45) is 4.97. The number of fused-ring (bicyclic) bond motifs is 2. The van der Waals surface area contributed by atoms with Crippen molar-refractivity contribution in [3.63, 3.8) is 0 Å². The highest BCUT2D eigenvalue weighted by atomic mass is 16.5. The molecular weight excluding hydrogens is 400 g/mol. The Morgan fingerprint density at radius 1 is 1.00 bits per heavy atom. The van der Waals surface area contributed by atoms with E-state index in [2.05, 4.69) is 39.6 Å². The number of amides is 1. The summed E-state index contributed by atoms with van der Waals surface area (Å²) < 4.78 is 5.38. The van der Waals surface area contributed by atoms with Crippen molar-refractivity contribution in [3.8, 4) is 22.3 Å². The van der Waals surface area contributed by atoms with Crippen LogP contribution in [-0.4, -0.2) is 53.6 Å². The quantitative estimate of drug-likeness (QED) is 0.513. The maximum atomic E-state index is 12.9. The van der Waals surface area contributed by atoms with Crippen molar-refractivity contribution in [2.75, 3.05) is 38.2 Å². The summed E-state index contributed by atoms with van der Waals surface area (Å²) in [6, 6.07) is 16.6. The van der Waals surface area contributed by atoms with Crippen molar-refractivity contribution >= 4 is 22.6 Å². The largest absolute Gasteiger partial charge is 0.384 e. The molecule has 2 aromatic carbocycles. The highest BCUT2D eigenvalue weighted by Crippen LogP contribution is 2.34. The molecule has 0 bridgehead atoms. The van der Waals surface area contributed by atoms with Gasteiger partial charge in [0.1, 0.15) is 5.65 Å². The molecule has 32 heavy (non-hydrogen) atoms. The van der Waals surface area contributed by atoms with Gasteiger partial charge >= 0.3 is 0 Å². The fraction of sp³-hybridized carbons (Fsp3) is 0.231. The lowest BCUT2D eigenvalue weighted by molar-refractivity contribution is 0.0303. The number of nitrogens with zero attached hydrogens (tertiary/aromatic N) is 2. The summed E-state index contributed by atoms with van der Waals surface area (Å²) in [7, 11) is 0. The highest BCUT2D eigenvalue weighted by Gasteiger charge is 2.19. The minimum atomic E-state index is 0.0529. The maximum absolute atomic E-state index is 12.9. The Bertz CT molecular complexity index is 1320. The summed E-state index contributed by atoms with van der Waals surface area (Å²) in [5.41, 5.74) is 8.42. The monoisotopic (exact) mass is 424 g/mol. The van der Waals surface area contributed by atoms with E-state index in [0.29, 0.717) is 31.9 Å². The Morgan fingerprint density at radius 2 is 1.91 bits per heavy atom. The zero-order valence-corrected chi connectivity index (χ0v) is 17.7. The third-order valence-electron chi connectivity index (χ3n) is 6.40. The van der Waals surface area contributed by atoms with Gasteiger partial charge in [-0.1, -0.05) is 24.3 Å². The van der Waals surface area contributed by atoms with E-state index in [1.165, 1.54) is 16.8 Å². The number of H-pyrrole nitrogens is 1. The van der Waals surface area contributed by atoms with Crippen LogP contribution >= 0.6 is 0 Å². The van der Waals surface area contributed by atoms with Gasteiger partial charge in [0, 0.05) is 59.8 Å². The molecule has 0 saturated carbocycles. The number of pyridine rings is 1. The zero-order chi connectivity index (χ0) is 21.5. The van der Waals surface area contributed by atoms with Crippen LogP contribution < -0.4 is 5.32 Å². The van der Waals surface area contributed by atoms with Crippen molar-refractivity contribution in [2.24, 2.45) is 0 Å². The van der Waals surface area contributed by atoms with Crippen LogP contribution in [0.4, 0.5) is 5.69 Å². The van der Waals surface area contributed by atoms with Crippen LogP contribution in [0.25, 0.3) is 33.3 Å². The van der Waals surface area contributed by atoms with Gasteiger partial charge in [-0.05, 0) is 47.4 Å². The Hall–Kier alpha value is -3.64. The smallest absolute Gasteiger partial charge is 0.254 e. The lowest BCUT2D eigenvalue weighted by Crippen LogP contribution is -2.40. The third kappa shape index (κ3) is 3.33. The first-order valence-electron chi connectivity index (χ1n) is 11.1. The number of rotatable bonds is 3. The molecule has 0 atom stereocenters. The Labute approximate surface area is 186 Å². The second-order valence-corrected chi connectivity index (χ2v) is 8.36. The highest BCUT2D eigenvalue weighted by molar-refractivity contribution is 5.98. The Kier molecular flexibility index (Phi) is 4.65. The standard InChI is InChI=1S/C26H24N4O2/c31-26(30-8-10-32-11-9-30)20-3-1-2-18(12-20)21-13-22-23(16-29-25(22)28-15-21)19-5-4-17-6-7-27-24(17)14-19/h1-5,12-16,27H,6-11H2,(H,28,29). The number of aromatic nitrogens is 2. The molecule has 6 rings (SSSR count). The molecule has 2 aliphatic heterocycles. The SMILES string of the molecule is O=C(c1cccc(-c2cnc3[nH]cc(-c4ccc5c(c4)NCC5)c3c2)c1)N1CCOCC1. The third-order valence-corrected chi connectivity index (χ3v) is 6.40. The fourth-order valence-corrected chi connectivity index (χ4v) is 4.64. The molecule has 6 nitrogen and oxygen atoms in total. The van der Waals surface area contributed by atoms with Gasteiger partial charge in [0.2, 0.25) is 0 Å². The van der Waals surface area contributed by atoms with Gasteiger partial charge in [0.05, 0.1) is 13.2 Å². The molecule has 0 unspecified atom stereocenters. The number of hydrogen-bond acceptors (Lipinski definition) is 4. The van der Waals surface area contributed by atoms with E-state index in [-0.39, 0.29) is 5.91 Å². The average Bonchev–Trinajstić information content (AvgIpc) is 3.50. The number of morpholine rings is 1. The Morgan fingerprint density at radius 3 is 2.81 bits per heavy atom. The molecule has 6 heteroatoms. The van der Waals surface area contributed by atoms with Crippen molar-refractivity contribution in [1.29, 1.82) is 0 Å². The molecule has 1 fully saturated rings. The number of hydrogen-bond donors (Lipinski definition) is 2. The Balaban J connectivity index is 1.36. The van der Waals surface area contributed by atoms with Crippen LogP contribution in [0.3, 0.4) is 0 Å². The van der Waals surface area contributed by atoms with Gasteiger partial charge in [-0.3, -0.25) is 4.79 Å². The number of benzene rings is 2. The summed E-state index contributed by atoms with van der Waals surface area (Å²) in [5.74, 6) is 0.0529. The number of aromatic amines is 1. The molecule has 4 aromatic rings. The number of ether oxygens (including phenoxy) is 1.